The molecule has 172 valence electrons. The molecule has 7 nitrogen and oxygen atoms in total. The van der Waals surface area contributed by atoms with E-state index >= 15 is 0 Å². The molecule has 1 fully saturated rings. The molecule has 32 heavy (non-hydrogen) atoms. The summed E-state index contributed by atoms with van der Waals surface area (Å²) in [6.07, 6.45) is 1.36. The molecule has 3 N–H and O–H groups in total. The van der Waals surface area contributed by atoms with Crippen LogP contribution in [0.2, 0.25) is 0 Å². The summed E-state index contributed by atoms with van der Waals surface area (Å²) in [7, 11) is 1.63. The monoisotopic (exact) mass is 443 g/mol. The molecule has 2 aromatic carbocycles. The standard InChI is InChI=1S/C24H30FN3O4/c1-17(26-23(30)28-24(10-12-31-2)11-13-32-16-24)18-7-5-8-20(14-18)27-22(29)15-19-6-3-4-9-21(19)25/h3-9,14,17H,10-13,15-16H2,1-2H3,(H,27,29)(H2,26,28,30). The number of nitrogens with one attached hydrogen (secondary N) is 3. The predicted molar refractivity (Wildman–Crippen MR) is 120 cm³/mol. The number of amides is 3. The number of benzene rings is 2. The smallest absolute Gasteiger partial charge is 0.315 e. The first-order valence-electron chi connectivity index (χ1n) is 10.7. The summed E-state index contributed by atoms with van der Waals surface area (Å²) < 4.78 is 24.4. The zero-order valence-electron chi connectivity index (χ0n) is 18.4. The molecule has 3 amide bonds. The quantitative estimate of drug-likeness (QED) is 0.553. The van der Waals surface area contributed by atoms with Gasteiger partial charge in [-0.15, -0.1) is 0 Å². The summed E-state index contributed by atoms with van der Waals surface area (Å²) in [5, 5.41) is 8.78. The summed E-state index contributed by atoms with van der Waals surface area (Å²) >= 11 is 0. The number of hydrogen-bond acceptors (Lipinski definition) is 4. The molecule has 1 heterocycles. The van der Waals surface area contributed by atoms with Crippen LogP contribution in [-0.2, 0) is 20.7 Å². The van der Waals surface area contributed by atoms with E-state index in [1.807, 2.05) is 13.0 Å². The number of carbonyl (C=O) groups excluding carboxylic acids is 2. The average Bonchev–Trinajstić information content (AvgIpc) is 3.22. The predicted octanol–water partition coefficient (Wildman–Crippen LogP) is 3.56. The molecular weight excluding hydrogens is 413 g/mol. The van der Waals surface area contributed by atoms with E-state index in [9.17, 15) is 14.0 Å². The fraction of sp³-hybridized carbons (Fsp3) is 0.417. The molecule has 0 aliphatic carbocycles. The number of hydrogen-bond donors (Lipinski definition) is 3. The van der Waals surface area contributed by atoms with Crippen LogP contribution in [0.25, 0.3) is 0 Å². The first-order chi connectivity index (χ1) is 15.4. The highest BCUT2D eigenvalue weighted by molar-refractivity contribution is 5.92. The van der Waals surface area contributed by atoms with Crippen LogP contribution in [0.3, 0.4) is 0 Å². The second-order valence-corrected chi connectivity index (χ2v) is 8.09. The summed E-state index contributed by atoms with van der Waals surface area (Å²) in [5.41, 5.74) is 1.32. The third kappa shape index (κ3) is 6.51. The Morgan fingerprint density at radius 1 is 1.22 bits per heavy atom. The van der Waals surface area contributed by atoms with Crippen LogP contribution < -0.4 is 16.0 Å². The molecule has 1 saturated heterocycles. The molecule has 2 aromatic rings. The van der Waals surface area contributed by atoms with E-state index in [0.29, 0.717) is 37.5 Å². The minimum atomic E-state index is -0.428. The second kappa shape index (κ2) is 11.1. The third-order valence-electron chi connectivity index (χ3n) is 5.59. The van der Waals surface area contributed by atoms with Crippen molar-refractivity contribution in [2.45, 2.75) is 37.8 Å². The van der Waals surface area contributed by atoms with Crippen LogP contribution >= 0.6 is 0 Å². The maximum absolute atomic E-state index is 13.8. The largest absolute Gasteiger partial charge is 0.385 e. The van der Waals surface area contributed by atoms with E-state index in [-0.39, 0.29) is 24.4 Å². The van der Waals surface area contributed by atoms with Crippen LogP contribution in [0.5, 0.6) is 0 Å². The Morgan fingerprint density at radius 3 is 2.75 bits per heavy atom. The molecule has 2 atom stereocenters. The van der Waals surface area contributed by atoms with Gasteiger partial charge in [-0.25, -0.2) is 9.18 Å². The molecule has 0 aromatic heterocycles. The molecule has 8 heteroatoms. The minimum absolute atomic E-state index is 0.0568. The number of anilines is 1. The molecule has 1 aliphatic heterocycles. The fourth-order valence-corrected chi connectivity index (χ4v) is 3.73. The highest BCUT2D eigenvalue weighted by atomic mass is 19.1. The topological polar surface area (TPSA) is 88.7 Å². The highest BCUT2D eigenvalue weighted by Crippen LogP contribution is 2.23. The Morgan fingerprint density at radius 2 is 2.03 bits per heavy atom. The zero-order valence-corrected chi connectivity index (χ0v) is 18.4. The molecule has 2 unspecified atom stereocenters. The second-order valence-electron chi connectivity index (χ2n) is 8.09. The average molecular weight is 444 g/mol. The summed E-state index contributed by atoms with van der Waals surface area (Å²) in [6, 6.07) is 12.9. The van der Waals surface area contributed by atoms with Crippen molar-refractivity contribution >= 4 is 17.6 Å². The van der Waals surface area contributed by atoms with Gasteiger partial charge in [0.05, 0.1) is 24.6 Å². The lowest BCUT2D eigenvalue weighted by Crippen LogP contribution is -2.53. The number of rotatable bonds is 9. The third-order valence-corrected chi connectivity index (χ3v) is 5.59. The van der Waals surface area contributed by atoms with Crippen LogP contribution in [-0.4, -0.2) is 44.4 Å². The Balaban J connectivity index is 1.57. The van der Waals surface area contributed by atoms with Gasteiger partial charge in [-0.05, 0) is 49.1 Å². The van der Waals surface area contributed by atoms with E-state index < -0.39 is 11.4 Å². The van der Waals surface area contributed by atoms with E-state index in [4.69, 9.17) is 9.47 Å². The van der Waals surface area contributed by atoms with Gasteiger partial charge in [-0.3, -0.25) is 4.79 Å². The van der Waals surface area contributed by atoms with Crippen LogP contribution in [0, 0.1) is 5.82 Å². The fourth-order valence-electron chi connectivity index (χ4n) is 3.73. The Labute approximate surface area is 187 Å². The number of urea groups is 1. The molecule has 3 rings (SSSR count). The maximum atomic E-state index is 13.8. The molecule has 0 bridgehead atoms. The first kappa shape index (κ1) is 23.7. The van der Waals surface area contributed by atoms with Crippen LogP contribution in [0.4, 0.5) is 14.9 Å². The van der Waals surface area contributed by atoms with Crippen molar-refractivity contribution in [1.82, 2.24) is 10.6 Å². The molecular formula is C24H30FN3O4. The van der Waals surface area contributed by atoms with Gasteiger partial charge >= 0.3 is 6.03 Å². The summed E-state index contributed by atoms with van der Waals surface area (Å²) in [5.74, 6) is -0.719. The number of halogens is 1. The summed E-state index contributed by atoms with van der Waals surface area (Å²) in [6.45, 7) is 3.47. The van der Waals surface area contributed by atoms with Gasteiger partial charge in [0.15, 0.2) is 0 Å². The van der Waals surface area contributed by atoms with Crippen molar-refractivity contribution in [3.63, 3.8) is 0 Å². The summed E-state index contributed by atoms with van der Waals surface area (Å²) in [4.78, 5) is 25.0. The molecule has 0 spiro atoms. The van der Waals surface area contributed by atoms with E-state index in [1.165, 1.54) is 6.07 Å². The van der Waals surface area contributed by atoms with Gasteiger partial charge in [0, 0.05) is 26.0 Å². The Bertz CT molecular complexity index is 931. The number of methoxy groups -OCH3 is 1. The lowest BCUT2D eigenvalue weighted by molar-refractivity contribution is -0.115. The molecule has 0 radical (unpaired) electrons. The van der Waals surface area contributed by atoms with E-state index in [1.54, 1.807) is 43.5 Å². The first-order valence-corrected chi connectivity index (χ1v) is 10.7. The van der Waals surface area contributed by atoms with Crippen LogP contribution in [0.1, 0.15) is 36.9 Å². The van der Waals surface area contributed by atoms with E-state index in [2.05, 4.69) is 16.0 Å². The van der Waals surface area contributed by atoms with Gasteiger partial charge in [0.1, 0.15) is 5.82 Å². The van der Waals surface area contributed by atoms with Gasteiger partial charge < -0.3 is 25.4 Å². The lowest BCUT2D eigenvalue weighted by Gasteiger charge is -2.29. The van der Waals surface area contributed by atoms with Crippen molar-refractivity contribution in [2.24, 2.45) is 0 Å². The minimum Gasteiger partial charge on any atom is -0.385 e. The Hall–Kier alpha value is -2.97. The van der Waals surface area contributed by atoms with Crippen molar-refractivity contribution in [3.05, 3.63) is 65.5 Å². The Kier molecular flexibility index (Phi) is 8.19. The highest BCUT2D eigenvalue weighted by Gasteiger charge is 2.36. The zero-order chi connectivity index (χ0) is 23.0. The van der Waals surface area contributed by atoms with Crippen molar-refractivity contribution < 1.29 is 23.5 Å². The normalized spacial score (nSPS) is 18.7. The molecule has 0 saturated carbocycles. The SMILES string of the molecule is COCCC1(NC(=O)NC(C)c2cccc(NC(=O)Cc3ccccc3F)c2)CCOC1. The van der Waals surface area contributed by atoms with Gasteiger partial charge in [0.2, 0.25) is 5.91 Å². The van der Waals surface area contributed by atoms with Gasteiger partial charge in [0.25, 0.3) is 0 Å². The number of ether oxygens (including phenoxy) is 2. The van der Waals surface area contributed by atoms with Crippen molar-refractivity contribution in [3.8, 4) is 0 Å². The van der Waals surface area contributed by atoms with Crippen molar-refractivity contribution in [1.29, 1.82) is 0 Å². The molecule has 1 aliphatic rings. The van der Waals surface area contributed by atoms with Gasteiger partial charge in [-0.2, -0.15) is 0 Å². The van der Waals surface area contributed by atoms with Crippen LogP contribution in [0.15, 0.2) is 48.5 Å². The van der Waals surface area contributed by atoms with Crippen molar-refractivity contribution in [2.75, 3.05) is 32.2 Å². The maximum Gasteiger partial charge on any atom is 0.315 e. The lowest BCUT2D eigenvalue weighted by atomic mass is 9.95. The van der Waals surface area contributed by atoms with Gasteiger partial charge in [-0.1, -0.05) is 30.3 Å². The van der Waals surface area contributed by atoms with E-state index in [0.717, 1.165) is 12.0 Å². The number of carbonyl (C=O) groups is 2.